The largest absolute Gasteiger partial charge is 0.477 e. The van der Waals surface area contributed by atoms with E-state index in [0.29, 0.717) is 17.4 Å². The number of allylic oxidation sites excluding steroid dienone is 10. The molecule has 1 N–H and O–H groups in total. The van der Waals surface area contributed by atoms with E-state index in [9.17, 15) is 19.5 Å². The molecule has 2 atom stereocenters. The van der Waals surface area contributed by atoms with Crippen LogP contribution >= 0.6 is 0 Å². The molecule has 9 nitrogen and oxygen atoms in total. The first-order valence-corrected chi connectivity index (χ1v) is 25.5. The first kappa shape index (κ1) is 60.0. The van der Waals surface area contributed by atoms with Crippen LogP contribution in [0.25, 0.3) is 0 Å². The number of hydrogen-bond donors (Lipinski definition) is 1. The number of likely N-dealkylation sites (N-methyl/N-ethyl adjacent to an activating group) is 1. The molecule has 63 heavy (non-hydrogen) atoms. The summed E-state index contributed by atoms with van der Waals surface area (Å²) >= 11 is 0. The molecular weight excluding hydrogens is 791 g/mol. The van der Waals surface area contributed by atoms with Crippen molar-refractivity contribution >= 4 is 17.9 Å². The van der Waals surface area contributed by atoms with Crippen LogP contribution in [-0.2, 0) is 33.3 Å². The van der Waals surface area contributed by atoms with Crippen molar-refractivity contribution in [1.29, 1.82) is 0 Å². The fourth-order valence-electron chi connectivity index (χ4n) is 6.75. The molecule has 9 heteroatoms. The van der Waals surface area contributed by atoms with E-state index >= 15 is 0 Å². The van der Waals surface area contributed by atoms with E-state index in [2.05, 4.69) is 74.6 Å². The summed E-state index contributed by atoms with van der Waals surface area (Å²) in [4.78, 5) is 37.2. The van der Waals surface area contributed by atoms with E-state index in [1.165, 1.54) is 89.9 Å². The maximum absolute atomic E-state index is 12.8. The molecule has 0 rings (SSSR count). The third kappa shape index (κ3) is 46.8. The van der Waals surface area contributed by atoms with E-state index in [-0.39, 0.29) is 38.6 Å². The highest BCUT2D eigenvalue weighted by Gasteiger charge is 2.25. The van der Waals surface area contributed by atoms with Crippen LogP contribution in [0.3, 0.4) is 0 Å². The Morgan fingerprint density at radius 3 is 1.30 bits per heavy atom. The van der Waals surface area contributed by atoms with E-state index in [4.69, 9.17) is 18.9 Å². The number of nitrogens with zero attached hydrogens (tertiary/aromatic N) is 1. The predicted octanol–water partition coefficient (Wildman–Crippen LogP) is 14.1. The van der Waals surface area contributed by atoms with Gasteiger partial charge in [-0.05, 0) is 83.5 Å². The molecule has 0 aliphatic heterocycles. The Balaban J connectivity index is 4.38. The van der Waals surface area contributed by atoms with Gasteiger partial charge in [0.05, 0.1) is 34.4 Å². The van der Waals surface area contributed by atoms with Gasteiger partial charge in [0.2, 0.25) is 0 Å². The van der Waals surface area contributed by atoms with Gasteiger partial charge in [0.25, 0.3) is 6.29 Å². The smallest absolute Gasteiger partial charge is 0.361 e. The number of quaternary nitrogens is 1. The molecule has 0 heterocycles. The molecule has 0 saturated carbocycles. The van der Waals surface area contributed by atoms with Crippen LogP contribution in [-0.4, -0.2) is 87.4 Å². The number of hydrogen-bond acceptors (Lipinski definition) is 7. The predicted molar refractivity (Wildman–Crippen MR) is 263 cm³/mol. The van der Waals surface area contributed by atoms with Crippen LogP contribution in [0, 0.1) is 0 Å². The van der Waals surface area contributed by atoms with E-state index in [1.54, 1.807) is 0 Å². The van der Waals surface area contributed by atoms with E-state index in [1.807, 2.05) is 21.1 Å². The van der Waals surface area contributed by atoms with Gasteiger partial charge in [0, 0.05) is 12.8 Å². The van der Waals surface area contributed by atoms with Crippen molar-refractivity contribution in [3.05, 3.63) is 60.8 Å². The molecule has 0 saturated heterocycles. The Labute approximate surface area is 386 Å². The van der Waals surface area contributed by atoms with Gasteiger partial charge in [-0.2, -0.15) is 0 Å². The molecule has 0 amide bonds. The number of ether oxygens (including phenoxy) is 4. The number of carboxylic acids is 1. The summed E-state index contributed by atoms with van der Waals surface area (Å²) in [7, 11) is 5.95. The van der Waals surface area contributed by atoms with Crippen molar-refractivity contribution < 1.29 is 42.9 Å². The van der Waals surface area contributed by atoms with Crippen LogP contribution in [0.5, 0.6) is 0 Å². The highest BCUT2D eigenvalue weighted by atomic mass is 16.7. The first-order valence-electron chi connectivity index (χ1n) is 25.5. The molecule has 0 spiro atoms. The average Bonchev–Trinajstić information content (AvgIpc) is 3.24. The SMILES string of the molecule is CCCCC/C=C\C/C=C\CCCCCCCC(=O)OCC(COC(OCC[N+](C)(C)C)C(=O)O)OC(=O)CCCCCCCCCC/C=C\C/C=C\C/C=C\CCCCCCC. The normalized spacial score (nSPS) is 13.3. The fraction of sp³-hybridized carbons (Fsp3) is 0.759. The van der Waals surface area contributed by atoms with Gasteiger partial charge >= 0.3 is 17.9 Å². The maximum Gasteiger partial charge on any atom is 0.361 e. The van der Waals surface area contributed by atoms with Crippen LogP contribution in [0.15, 0.2) is 60.8 Å². The summed E-state index contributed by atoms with van der Waals surface area (Å²) in [6.45, 7) is 4.81. The minimum Gasteiger partial charge on any atom is -0.477 e. The summed E-state index contributed by atoms with van der Waals surface area (Å²) in [5.41, 5.74) is 0. The second kappa shape index (κ2) is 45.6. The van der Waals surface area contributed by atoms with Crippen LogP contribution in [0.2, 0.25) is 0 Å². The summed E-state index contributed by atoms with van der Waals surface area (Å²) < 4.78 is 22.8. The van der Waals surface area contributed by atoms with Gasteiger partial charge in [0.1, 0.15) is 13.2 Å². The Morgan fingerprint density at radius 2 is 0.857 bits per heavy atom. The quantitative estimate of drug-likeness (QED) is 0.0212. The molecule has 0 aliphatic carbocycles. The average molecular weight is 887 g/mol. The standard InChI is InChI=1S/C54H95NO8/c1-6-8-10-12-14-16-18-20-22-23-24-25-26-27-28-29-31-33-35-37-39-41-43-45-52(57)63-50(49-62-54(53(58)59)60-47-46-55(3,4)5)48-61-51(56)44-42-40-38-36-34-32-30-21-19-17-15-13-11-9-7-2/h15,17-18,20-21,23-24,26-27,30,50,54H,6-14,16,19,22,25,28-29,31-49H2,1-5H3/p+1/b17-15-,20-18-,24-23-,27-26-,30-21-. The molecule has 0 aromatic carbocycles. The molecule has 0 aromatic heterocycles. The van der Waals surface area contributed by atoms with Crippen molar-refractivity contribution in [3.63, 3.8) is 0 Å². The minimum absolute atomic E-state index is 0.181. The fourth-order valence-corrected chi connectivity index (χ4v) is 6.75. The Bertz CT molecular complexity index is 1220. The molecule has 0 radical (unpaired) electrons. The van der Waals surface area contributed by atoms with Gasteiger partial charge in [-0.1, -0.05) is 171 Å². The number of carbonyl (C=O) groups is 3. The lowest BCUT2D eigenvalue weighted by atomic mass is 10.1. The van der Waals surface area contributed by atoms with Gasteiger partial charge in [-0.25, -0.2) is 4.79 Å². The van der Waals surface area contributed by atoms with Crippen molar-refractivity contribution in [1.82, 2.24) is 0 Å². The molecular formula is C54H96NO8+. The maximum atomic E-state index is 12.8. The minimum atomic E-state index is -1.52. The summed E-state index contributed by atoms with van der Waals surface area (Å²) in [5.74, 6) is -2.04. The number of aliphatic carboxylic acids is 1. The molecule has 0 bridgehead atoms. The second-order valence-electron chi connectivity index (χ2n) is 18.1. The Kier molecular flexibility index (Phi) is 43.4. The monoisotopic (exact) mass is 887 g/mol. The van der Waals surface area contributed by atoms with Crippen LogP contribution < -0.4 is 0 Å². The number of esters is 2. The number of carbonyl (C=O) groups excluding carboxylic acids is 2. The topological polar surface area (TPSA) is 108 Å². The molecule has 0 aliphatic rings. The van der Waals surface area contributed by atoms with E-state index in [0.717, 1.165) is 83.5 Å². The van der Waals surface area contributed by atoms with Crippen molar-refractivity contribution in [2.45, 2.75) is 219 Å². The van der Waals surface area contributed by atoms with Crippen LogP contribution in [0.4, 0.5) is 0 Å². The summed E-state index contributed by atoms with van der Waals surface area (Å²) in [5, 5.41) is 9.66. The zero-order valence-corrected chi connectivity index (χ0v) is 41.2. The molecule has 2 unspecified atom stereocenters. The Morgan fingerprint density at radius 1 is 0.476 bits per heavy atom. The van der Waals surface area contributed by atoms with Crippen molar-refractivity contribution in [2.24, 2.45) is 0 Å². The highest BCUT2D eigenvalue weighted by molar-refractivity contribution is 5.71. The highest BCUT2D eigenvalue weighted by Crippen LogP contribution is 2.14. The Hall–Kier alpha value is -3.01. The third-order valence-corrected chi connectivity index (χ3v) is 10.7. The van der Waals surface area contributed by atoms with Gasteiger partial charge in [-0.3, -0.25) is 9.59 Å². The van der Waals surface area contributed by atoms with Gasteiger partial charge in [-0.15, -0.1) is 0 Å². The van der Waals surface area contributed by atoms with Gasteiger partial charge in [0.15, 0.2) is 6.10 Å². The lowest BCUT2D eigenvalue weighted by Crippen LogP contribution is -2.40. The third-order valence-electron chi connectivity index (χ3n) is 10.7. The zero-order chi connectivity index (χ0) is 46.3. The number of unbranched alkanes of at least 4 members (excludes halogenated alkanes) is 21. The first-order chi connectivity index (χ1) is 30.6. The summed E-state index contributed by atoms with van der Waals surface area (Å²) in [6, 6.07) is 0. The van der Waals surface area contributed by atoms with Crippen molar-refractivity contribution in [3.8, 4) is 0 Å². The zero-order valence-electron chi connectivity index (χ0n) is 41.2. The summed E-state index contributed by atoms with van der Waals surface area (Å²) in [6.07, 6.45) is 52.8. The lowest BCUT2D eigenvalue weighted by molar-refractivity contribution is -0.870. The number of rotatable bonds is 46. The number of carboxylic acid groups (broad SMARTS) is 1. The molecule has 364 valence electrons. The van der Waals surface area contributed by atoms with Crippen molar-refractivity contribution in [2.75, 3.05) is 47.5 Å². The molecule has 0 aromatic rings. The molecule has 0 fully saturated rings. The lowest BCUT2D eigenvalue weighted by Gasteiger charge is -2.25. The van der Waals surface area contributed by atoms with E-state index < -0.39 is 24.3 Å². The van der Waals surface area contributed by atoms with Gasteiger partial charge < -0.3 is 28.5 Å². The second-order valence-corrected chi connectivity index (χ2v) is 18.1. The van der Waals surface area contributed by atoms with Crippen LogP contribution in [0.1, 0.15) is 206 Å².